The maximum absolute atomic E-state index is 13.9. The van der Waals surface area contributed by atoms with Gasteiger partial charge in [-0.3, -0.25) is 9.29 Å². The zero-order valence-electron chi connectivity index (χ0n) is 25.7. The summed E-state index contributed by atoms with van der Waals surface area (Å²) in [5, 5.41) is 0. The number of ether oxygens (including phenoxy) is 4. The van der Waals surface area contributed by atoms with Gasteiger partial charge >= 0.3 is 0 Å². The molecule has 2 fully saturated rings. The normalized spacial score (nSPS) is 20.3. The number of alkyl halides is 1. The third-order valence-corrected chi connectivity index (χ3v) is 8.25. The molecule has 0 N–H and O–H groups in total. The van der Waals surface area contributed by atoms with Gasteiger partial charge < -0.3 is 18.9 Å². The zero-order chi connectivity index (χ0) is 30.3. The van der Waals surface area contributed by atoms with Crippen LogP contribution >= 0.6 is 0 Å². The van der Waals surface area contributed by atoms with E-state index in [4.69, 9.17) is 18.9 Å². The highest BCUT2D eigenvalue weighted by molar-refractivity contribution is 5.95. The lowest BCUT2D eigenvalue weighted by atomic mass is 9.85. The van der Waals surface area contributed by atoms with E-state index in [1.807, 2.05) is 57.2 Å². The first-order valence-corrected chi connectivity index (χ1v) is 15.6. The Kier molecular flexibility index (Phi) is 10.4. The highest BCUT2D eigenvalue weighted by atomic mass is 19.1. The van der Waals surface area contributed by atoms with E-state index in [9.17, 15) is 8.78 Å². The van der Waals surface area contributed by atoms with Crippen LogP contribution in [-0.4, -0.2) is 50.7 Å². The summed E-state index contributed by atoms with van der Waals surface area (Å²) < 4.78 is 51.3. The summed E-state index contributed by atoms with van der Waals surface area (Å²) in [6.45, 7) is 11.5. The maximum Gasteiger partial charge on any atom is 0.199 e. The predicted molar refractivity (Wildman–Crippen MR) is 167 cm³/mol. The second kappa shape index (κ2) is 14.4. The van der Waals surface area contributed by atoms with E-state index < -0.39 is 0 Å². The van der Waals surface area contributed by atoms with Gasteiger partial charge in [0.1, 0.15) is 35.8 Å². The Bertz CT molecular complexity index is 1380. The number of benzene rings is 3. The van der Waals surface area contributed by atoms with Gasteiger partial charge in [0.15, 0.2) is 6.29 Å². The van der Waals surface area contributed by atoms with Crippen molar-refractivity contribution in [2.24, 2.45) is 5.92 Å². The molecule has 3 aromatic carbocycles. The van der Waals surface area contributed by atoms with E-state index in [0.29, 0.717) is 6.61 Å². The van der Waals surface area contributed by atoms with Crippen LogP contribution in [0.1, 0.15) is 68.4 Å². The molecule has 0 spiro atoms. The number of halogens is 2. The Labute approximate surface area is 254 Å². The molecule has 2 unspecified atom stereocenters. The Balaban J connectivity index is 0.00000180. The fourth-order valence-electron chi connectivity index (χ4n) is 5.87. The Morgan fingerprint density at radius 1 is 0.953 bits per heavy atom. The molecular formula is C36H43F2NO4. The average molecular weight is 592 g/mol. The lowest BCUT2D eigenvalue weighted by molar-refractivity contribution is -0.106. The Morgan fingerprint density at radius 2 is 1.70 bits per heavy atom. The number of likely N-dealkylation sites (tertiary alicyclic amines) is 1. The van der Waals surface area contributed by atoms with Crippen LogP contribution in [0.15, 0.2) is 60.7 Å². The number of aryl methyl sites for hydroxylation is 1. The van der Waals surface area contributed by atoms with Crippen LogP contribution in [0.25, 0.3) is 11.1 Å². The van der Waals surface area contributed by atoms with Crippen molar-refractivity contribution >= 4 is 11.1 Å². The Morgan fingerprint density at radius 3 is 2.37 bits per heavy atom. The molecule has 2 atom stereocenters. The summed E-state index contributed by atoms with van der Waals surface area (Å²) >= 11 is 0. The molecule has 0 aliphatic carbocycles. The standard InChI is InChI=1S/C34H37F2NO4.C2H6/c1-22-17-31-29(18-30(22)40-32-5-3-4-15-39-32)23(2)33(25-6-10-27(36)11-7-25)34(41-31)26-8-12-28(13-9-26)38-16-14-37-20-24(19-35)21-37;1-2/h6-13,17-18,24,32,34H,3-5,14-16,19-21H2,1-2H3;1-2H3. The summed E-state index contributed by atoms with van der Waals surface area (Å²) in [4.78, 5) is 2.20. The number of rotatable bonds is 9. The highest BCUT2D eigenvalue weighted by Gasteiger charge is 2.31. The molecule has 2 saturated heterocycles. The van der Waals surface area contributed by atoms with Crippen molar-refractivity contribution in [1.29, 1.82) is 0 Å². The second-order valence-electron chi connectivity index (χ2n) is 11.3. The monoisotopic (exact) mass is 591 g/mol. The van der Waals surface area contributed by atoms with Crippen LogP contribution in [-0.2, 0) is 4.74 Å². The number of allylic oxidation sites excluding steroid dienone is 1. The van der Waals surface area contributed by atoms with Crippen LogP contribution in [0.3, 0.4) is 0 Å². The second-order valence-corrected chi connectivity index (χ2v) is 11.3. The van der Waals surface area contributed by atoms with Gasteiger partial charge in [-0.05, 0) is 85.4 Å². The topological polar surface area (TPSA) is 40.2 Å². The van der Waals surface area contributed by atoms with Gasteiger partial charge in [0, 0.05) is 43.1 Å². The predicted octanol–water partition coefficient (Wildman–Crippen LogP) is 8.41. The van der Waals surface area contributed by atoms with Gasteiger partial charge in [-0.15, -0.1) is 0 Å². The Hall–Kier alpha value is -3.42. The largest absolute Gasteiger partial charge is 0.492 e. The van der Waals surface area contributed by atoms with Crippen LogP contribution < -0.4 is 14.2 Å². The van der Waals surface area contributed by atoms with Crippen molar-refractivity contribution in [1.82, 2.24) is 4.90 Å². The molecule has 3 aliphatic rings. The number of hydrogen-bond donors (Lipinski definition) is 0. The van der Waals surface area contributed by atoms with E-state index in [1.54, 1.807) is 12.1 Å². The molecule has 3 heterocycles. The fraction of sp³-hybridized carbons (Fsp3) is 0.444. The summed E-state index contributed by atoms with van der Waals surface area (Å²) in [7, 11) is 0. The SMILES string of the molecule is CC.CC1=C(c2ccc(F)cc2)C(c2ccc(OCCN3CC(CF)C3)cc2)Oc2cc(C)c(OC3CCCCO3)cc21. The van der Waals surface area contributed by atoms with Crippen molar-refractivity contribution in [2.75, 3.05) is 39.5 Å². The maximum atomic E-state index is 13.9. The highest BCUT2D eigenvalue weighted by Crippen LogP contribution is 2.48. The van der Waals surface area contributed by atoms with E-state index in [-0.39, 0.29) is 30.8 Å². The molecule has 0 bridgehead atoms. The van der Waals surface area contributed by atoms with E-state index in [2.05, 4.69) is 11.8 Å². The van der Waals surface area contributed by atoms with Gasteiger partial charge in [0.2, 0.25) is 0 Å². The van der Waals surface area contributed by atoms with Crippen LogP contribution in [0.2, 0.25) is 0 Å². The molecule has 3 aliphatic heterocycles. The van der Waals surface area contributed by atoms with Crippen molar-refractivity contribution in [3.63, 3.8) is 0 Å². The fourth-order valence-corrected chi connectivity index (χ4v) is 5.87. The first-order valence-electron chi connectivity index (χ1n) is 15.6. The van der Waals surface area contributed by atoms with Crippen molar-refractivity contribution < 1.29 is 27.7 Å². The molecule has 0 radical (unpaired) electrons. The smallest absolute Gasteiger partial charge is 0.199 e. The van der Waals surface area contributed by atoms with Gasteiger partial charge in [-0.2, -0.15) is 0 Å². The van der Waals surface area contributed by atoms with Gasteiger partial charge in [-0.25, -0.2) is 4.39 Å². The first-order chi connectivity index (χ1) is 21.0. The molecule has 5 nitrogen and oxygen atoms in total. The lowest BCUT2D eigenvalue weighted by Gasteiger charge is -2.37. The summed E-state index contributed by atoms with van der Waals surface area (Å²) in [5.41, 5.74) is 5.86. The van der Waals surface area contributed by atoms with Crippen molar-refractivity contribution in [2.45, 2.75) is 59.4 Å². The number of nitrogens with zero attached hydrogens (tertiary/aromatic N) is 1. The van der Waals surface area contributed by atoms with E-state index in [1.165, 1.54) is 12.1 Å². The van der Waals surface area contributed by atoms with E-state index in [0.717, 1.165) is 96.2 Å². The van der Waals surface area contributed by atoms with Crippen LogP contribution in [0.5, 0.6) is 17.2 Å². The minimum atomic E-state index is -0.381. The molecule has 0 aromatic heterocycles. The van der Waals surface area contributed by atoms with Crippen LogP contribution in [0.4, 0.5) is 8.78 Å². The number of fused-ring (bicyclic) bond motifs is 1. The van der Waals surface area contributed by atoms with Crippen molar-refractivity contribution in [3.8, 4) is 17.2 Å². The summed E-state index contributed by atoms with van der Waals surface area (Å²) in [6.07, 6.45) is 2.42. The number of hydrogen-bond acceptors (Lipinski definition) is 5. The molecule has 3 aromatic rings. The molecule has 0 amide bonds. The third kappa shape index (κ3) is 7.22. The summed E-state index contributed by atoms with van der Waals surface area (Å²) in [5.74, 6) is 2.25. The van der Waals surface area contributed by atoms with E-state index >= 15 is 0 Å². The quantitative estimate of drug-likeness (QED) is 0.250. The molecule has 43 heavy (non-hydrogen) atoms. The average Bonchev–Trinajstić information content (AvgIpc) is 3.01. The van der Waals surface area contributed by atoms with Crippen molar-refractivity contribution in [3.05, 3.63) is 88.7 Å². The first kappa shape index (κ1) is 31.0. The van der Waals surface area contributed by atoms with Crippen LogP contribution in [0, 0.1) is 18.7 Å². The summed E-state index contributed by atoms with van der Waals surface area (Å²) in [6, 6.07) is 18.6. The third-order valence-electron chi connectivity index (χ3n) is 8.25. The molecule has 0 saturated carbocycles. The zero-order valence-corrected chi connectivity index (χ0v) is 25.7. The minimum absolute atomic E-state index is 0.176. The van der Waals surface area contributed by atoms with Gasteiger partial charge in [0.25, 0.3) is 0 Å². The lowest BCUT2D eigenvalue weighted by Crippen LogP contribution is -2.49. The van der Waals surface area contributed by atoms with Gasteiger partial charge in [0.05, 0.1) is 13.3 Å². The molecule has 6 rings (SSSR count). The molecule has 7 heteroatoms. The minimum Gasteiger partial charge on any atom is -0.492 e. The molecule has 230 valence electrons. The molecular weight excluding hydrogens is 548 g/mol. The van der Waals surface area contributed by atoms with Gasteiger partial charge in [-0.1, -0.05) is 38.1 Å².